The molecule has 1 aromatic rings. The van der Waals surface area contributed by atoms with Crippen molar-refractivity contribution in [1.29, 1.82) is 0 Å². The van der Waals surface area contributed by atoms with E-state index in [4.69, 9.17) is 0 Å². The van der Waals surface area contributed by atoms with E-state index in [0.717, 1.165) is 38.8 Å². The summed E-state index contributed by atoms with van der Waals surface area (Å²) in [6.45, 7) is 3.79. The molecular weight excluding hydrogens is 288 g/mol. The summed E-state index contributed by atoms with van der Waals surface area (Å²) in [7, 11) is -1.55. The van der Waals surface area contributed by atoms with E-state index >= 15 is 0 Å². The van der Waals surface area contributed by atoms with E-state index in [9.17, 15) is 8.42 Å². The zero-order valence-corrected chi connectivity index (χ0v) is 13.7. The van der Waals surface area contributed by atoms with E-state index in [-0.39, 0.29) is 10.9 Å². The highest BCUT2D eigenvalue weighted by Gasteiger charge is 2.25. The molecule has 1 aliphatic carbocycles. The first-order chi connectivity index (χ1) is 10.0. The lowest BCUT2D eigenvalue weighted by Crippen LogP contribution is -2.37. The second-order valence-corrected chi connectivity index (χ2v) is 7.70. The van der Waals surface area contributed by atoms with Crippen molar-refractivity contribution in [2.45, 2.75) is 56.5 Å². The van der Waals surface area contributed by atoms with Crippen LogP contribution in [0.1, 0.15) is 39.0 Å². The molecule has 1 aromatic heterocycles. The minimum absolute atomic E-state index is 0.0615. The number of sulfonamides is 1. The van der Waals surface area contributed by atoms with Crippen LogP contribution in [0.2, 0.25) is 0 Å². The van der Waals surface area contributed by atoms with E-state index in [0.29, 0.717) is 5.92 Å². The standard InChI is InChI=1S/C14H26N4O2S/c1-12-5-3-6-13(9-12)17-21(19,20)14-10-16-18(11-14)8-4-7-15-2/h10-13,15,17H,3-9H2,1-2H3. The Hall–Kier alpha value is -0.920. The Morgan fingerprint density at radius 1 is 1.43 bits per heavy atom. The van der Waals surface area contributed by atoms with Crippen LogP contribution in [0.4, 0.5) is 0 Å². The number of nitrogens with one attached hydrogen (secondary N) is 2. The van der Waals surface area contributed by atoms with Crippen molar-refractivity contribution in [3.8, 4) is 0 Å². The first kappa shape index (κ1) is 16.5. The van der Waals surface area contributed by atoms with Gasteiger partial charge in [0.2, 0.25) is 10.0 Å². The lowest BCUT2D eigenvalue weighted by molar-refractivity contribution is 0.327. The summed E-state index contributed by atoms with van der Waals surface area (Å²) >= 11 is 0. The molecular formula is C14H26N4O2S. The zero-order valence-electron chi connectivity index (χ0n) is 12.9. The normalized spacial score (nSPS) is 23.3. The maximum Gasteiger partial charge on any atom is 0.243 e. The van der Waals surface area contributed by atoms with Crippen molar-refractivity contribution in [1.82, 2.24) is 19.8 Å². The van der Waals surface area contributed by atoms with Crippen LogP contribution in [0.5, 0.6) is 0 Å². The van der Waals surface area contributed by atoms with Crippen LogP contribution in [0.25, 0.3) is 0 Å². The molecule has 2 rings (SSSR count). The number of hydrogen-bond donors (Lipinski definition) is 2. The highest BCUT2D eigenvalue weighted by Crippen LogP contribution is 2.24. The van der Waals surface area contributed by atoms with Crippen molar-refractivity contribution in [2.75, 3.05) is 13.6 Å². The molecule has 1 aliphatic rings. The van der Waals surface area contributed by atoms with E-state index in [1.54, 1.807) is 10.9 Å². The molecule has 1 fully saturated rings. The topological polar surface area (TPSA) is 76.0 Å². The number of hydrogen-bond acceptors (Lipinski definition) is 4. The highest BCUT2D eigenvalue weighted by molar-refractivity contribution is 7.89. The zero-order chi connectivity index (χ0) is 15.3. The molecule has 0 saturated heterocycles. The van der Waals surface area contributed by atoms with Gasteiger partial charge in [-0.05, 0) is 38.8 Å². The van der Waals surface area contributed by atoms with Crippen molar-refractivity contribution >= 4 is 10.0 Å². The summed E-state index contributed by atoms with van der Waals surface area (Å²) in [4.78, 5) is 0.269. The van der Waals surface area contributed by atoms with Gasteiger partial charge in [-0.1, -0.05) is 19.8 Å². The van der Waals surface area contributed by atoms with Gasteiger partial charge in [-0.25, -0.2) is 13.1 Å². The summed E-state index contributed by atoms with van der Waals surface area (Å²) in [5, 5.41) is 7.19. The minimum atomic E-state index is -3.44. The van der Waals surface area contributed by atoms with Crippen molar-refractivity contribution in [3.63, 3.8) is 0 Å². The molecule has 1 saturated carbocycles. The molecule has 0 radical (unpaired) electrons. The molecule has 0 aromatic carbocycles. The Labute approximate surface area is 127 Å². The summed E-state index contributed by atoms with van der Waals surface area (Å²) in [5.74, 6) is 0.593. The van der Waals surface area contributed by atoms with Gasteiger partial charge in [0.1, 0.15) is 4.90 Å². The molecule has 1 heterocycles. The fourth-order valence-electron chi connectivity index (χ4n) is 2.85. The van der Waals surface area contributed by atoms with Gasteiger partial charge < -0.3 is 5.32 Å². The average Bonchev–Trinajstić information content (AvgIpc) is 2.88. The van der Waals surface area contributed by atoms with Crippen molar-refractivity contribution in [3.05, 3.63) is 12.4 Å². The number of nitrogens with zero attached hydrogens (tertiary/aromatic N) is 2. The molecule has 120 valence electrons. The first-order valence-corrected chi connectivity index (χ1v) is 9.19. The Bertz CT molecular complexity index is 541. The van der Waals surface area contributed by atoms with Gasteiger partial charge in [0, 0.05) is 18.8 Å². The third kappa shape index (κ3) is 4.79. The number of aryl methyl sites for hydroxylation is 1. The van der Waals surface area contributed by atoms with Crippen molar-refractivity contribution in [2.24, 2.45) is 5.92 Å². The van der Waals surface area contributed by atoms with E-state index < -0.39 is 10.0 Å². The quantitative estimate of drug-likeness (QED) is 0.745. The highest BCUT2D eigenvalue weighted by atomic mass is 32.2. The van der Waals surface area contributed by atoms with Crippen LogP contribution in [-0.4, -0.2) is 37.8 Å². The fourth-order valence-corrected chi connectivity index (χ4v) is 4.09. The summed E-state index contributed by atoms with van der Waals surface area (Å²) in [5.41, 5.74) is 0. The van der Waals surface area contributed by atoms with E-state index in [1.807, 2.05) is 7.05 Å². The fraction of sp³-hybridized carbons (Fsp3) is 0.786. The first-order valence-electron chi connectivity index (χ1n) is 7.70. The van der Waals surface area contributed by atoms with Crippen LogP contribution in [-0.2, 0) is 16.6 Å². The SMILES string of the molecule is CNCCCn1cc(S(=O)(=O)NC2CCCC(C)C2)cn1. The largest absolute Gasteiger partial charge is 0.320 e. The van der Waals surface area contributed by atoms with Crippen LogP contribution in [0.15, 0.2) is 17.3 Å². The third-order valence-corrected chi connectivity index (χ3v) is 5.47. The van der Waals surface area contributed by atoms with Gasteiger partial charge in [0.15, 0.2) is 0 Å². The third-order valence-electron chi connectivity index (χ3n) is 3.99. The van der Waals surface area contributed by atoms with Gasteiger partial charge >= 0.3 is 0 Å². The predicted octanol–water partition coefficient (Wildman–Crippen LogP) is 1.35. The molecule has 0 amide bonds. The Kier molecular flexibility index (Phi) is 5.78. The van der Waals surface area contributed by atoms with Crippen LogP contribution in [0.3, 0.4) is 0 Å². The molecule has 7 heteroatoms. The van der Waals surface area contributed by atoms with E-state index in [1.165, 1.54) is 12.6 Å². The molecule has 2 atom stereocenters. The van der Waals surface area contributed by atoms with Gasteiger partial charge in [-0.3, -0.25) is 4.68 Å². The molecule has 2 N–H and O–H groups in total. The van der Waals surface area contributed by atoms with E-state index in [2.05, 4.69) is 22.1 Å². The molecule has 0 spiro atoms. The minimum Gasteiger partial charge on any atom is -0.320 e. The number of rotatable bonds is 7. The molecule has 0 bridgehead atoms. The van der Waals surface area contributed by atoms with Gasteiger partial charge in [0.25, 0.3) is 0 Å². The Morgan fingerprint density at radius 2 is 2.24 bits per heavy atom. The molecule has 0 aliphatic heterocycles. The lowest BCUT2D eigenvalue weighted by atomic mass is 9.88. The van der Waals surface area contributed by atoms with Crippen LogP contribution in [0, 0.1) is 5.92 Å². The Morgan fingerprint density at radius 3 is 2.95 bits per heavy atom. The molecule has 2 unspecified atom stereocenters. The van der Waals surface area contributed by atoms with Crippen molar-refractivity contribution < 1.29 is 8.42 Å². The Balaban J connectivity index is 1.95. The van der Waals surface area contributed by atoms with Gasteiger partial charge in [-0.15, -0.1) is 0 Å². The second kappa shape index (κ2) is 7.38. The van der Waals surface area contributed by atoms with Crippen LogP contribution < -0.4 is 10.0 Å². The number of aromatic nitrogens is 2. The maximum absolute atomic E-state index is 12.4. The molecule has 6 nitrogen and oxygen atoms in total. The van der Waals surface area contributed by atoms with Gasteiger partial charge in [-0.2, -0.15) is 5.10 Å². The summed E-state index contributed by atoms with van der Waals surface area (Å²) in [6, 6.07) is 0.0615. The maximum atomic E-state index is 12.4. The van der Waals surface area contributed by atoms with Gasteiger partial charge in [0.05, 0.1) is 6.20 Å². The summed E-state index contributed by atoms with van der Waals surface area (Å²) in [6.07, 6.45) is 8.12. The monoisotopic (exact) mass is 314 g/mol. The predicted molar refractivity (Wildman–Crippen MR) is 82.5 cm³/mol. The van der Waals surface area contributed by atoms with Crippen LogP contribution >= 0.6 is 0 Å². The molecule has 21 heavy (non-hydrogen) atoms. The lowest BCUT2D eigenvalue weighted by Gasteiger charge is -2.26. The second-order valence-electron chi connectivity index (χ2n) is 5.99. The summed E-state index contributed by atoms with van der Waals surface area (Å²) < 4.78 is 29.3. The smallest absolute Gasteiger partial charge is 0.243 e. The average molecular weight is 314 g/mol.